The quantitative estimate of drug-likeness (QED) is 0.403. The molecule has 0 fully saturated rings. The van der Waals surface area contributed by atoms with Crippen molar-refractivity contribution in [1.29, 1.82) is 0 Å². The third-order valence-electron chi connectivity index (χ3n) is 5.14. The number of carboxylic acids is 1. The molecule has 2 atom stereocenters. The molecule has 0 spiro atoms. The Kier molecular flexibility index (Phi) is 7.04. The highest BCUT2D eigenvalue weighted by atomic mass is 35.5. The van der Waals surface area contributed by atoms with E-state index < -0.39 is 29.9 Å². The third kappa shape index (κ3) is 5.68. The third-order valence-corrected chi connectivity index (χ3v) is 5.37. The number of benzene rings is 2. The number of hydrogen-bond acceptors (Lipinski definition) is 5. The predicted octanol–water partition coefficient (Wildman–Crippen LogP) is 2.94. The first-order valence-corrected chi connectivity index (χ1v) is 10.0. The van der Waals surface area contributed by atoms with E-state index in [2.05, 4.69) is 20.7 Å². The van der Waals surface area contributed by atoms with Crippen LogP contribution in [0.4, 0.5) is 0 Å². The minimum atomic E-state index is -1.40. The molecule has 4 N–H and O–H groups in total. The molecule has 2 aromatic carbocycles. The second-order valence-electron chi connectivity index (χ2n) is 7.67. The van der Waals surface area contributed by atoms with E-state index in [1.165, 1.54) is 13.1 Å². The number of hydrogen-bond donors (Lipinski definition) is 4. The van der Waals surface area contributed by atoms with Gasteiger partial charge in [0.15, 0.2) is 5.69 Å². The molecular formula is C22H23ClN4O4. The zero-order valence-electron chi connectivity index (χ0n) is 16.9. The summed E-state index contributed by atoms with van der Waals surface area (Å²) in [7, 11) is 0. The smallest absolute Gasteiger partial charge is 0.311 e. The van der Waals surface area contributed by atoms with Crippen LogP contribution in [-0.4, -0.2) is 50.1 Å². The van der Waals surface area contributed by atoms with Crippen molar-refractivity contribution in [2.75, 3.05) is 6.61 Å². The van der Waals surface area contributed by atoms with Crippen molar-refractivity contribution in [3.8, 4) is 11.1 Å². The number of carbonyl (C=O) groups is 2. The first-order chi connectivity index (χ1) is 14.8. The first kappa shape index (κ1) is 22.5. The fraction of sp³-hybridized carbons (Fsp3) is 0.273. The van der Waals surface area contributed by atoms with Gasteiger partial charge in [-0.05, 0) is 48.6 Å². The first-order valence-electron chi connectivity index (χ1n) is 9.66. The highest BCUT2D eigenvalue weighted by Gasteiger charge is 2.36. The van der Waals surface area contributed by atoms with Gasteiger partial charge in [-0.3, -0.25) is 9.59 Å². The summed E-state index contributed by atoms with van der Waals surface area (Å²) < 4.78 is 0. The van der Waals surface area contributed by atoms with Crippen molar-refractivity contribution in [2.45, 2.75) is 25.8 Å². The van der Waals surface area contributed by atoms with Gasteiger partial charge in [-0.2, -0.15) is 15.4 Å². The molecule has 3 aromatic rings. The van der Waals surface area contributed by atoms with Gasteiger partial charge in [0.2, 0.25) is 0 Å². The lowest BCUT2D eigenvalue weighted by molar-refractivity contribution is -0.151. The molecule has 0 aliphatic heterocycles. The van der Waals surface area contributed by atoms with Crippen molar-refractivity contribution in [2.24, 2.45) is 5.41 Å². The number of aliphatic hydroxyl groups is 1. The number of carbonyl (C=O) groups excluding carboxylic acids is 1. The summed E-state index contributed by atoms with van der Waals surface area (Å²) in [6, 6.07) is 14.7. The maximum atomic E-state index is 12.5. The van der Waals surface area contributed by atoms with Crippen molar-refractivity contribution < 1.29 is 19.8 Å². The molecule has 0 bridgehead atoms. The maximum Gasteiger partial charge on any atom is 0.311 e. The van der Waals surface area contributed by atoms with Crippen molar-refractivity contribution in [1.82, 2.24) is 20.7 Å². The number of amides is 1. The summed E-state index contributed by atoms with van der Waals surface area (Å²) in [5.74, 6) is -1.60. The summed E-state index contributed by atoms with van der Waals surface area (Å²) in [6.07, 6.45) is 1.70. The molecule has 0 saturated carbocycles. The zero-order chi connectivity index (χ0) is 22.4. The molecule has 1 amide bonds. The van der Waals surface area contributed by atoms with Gasteiger partial charge in [-0.15, -0.1) is 0 Å². The topological polar surface area (TPSA) is 128 Å². The molecule has 3 rings (SSSR count). The van der Waals surface area contributed by atoms with Gasteiger partial charge in [0.05, 0.1) is 18.2 Å². The molecule has 2 unspecified atom stereocenters. The Hall–Kier alpha value is -3.23. The Labute approximate surface area is 184 Å². The van der Waals surface area contributed by atoms with Crippen LogP contribution in [0.3, 0.4) is 0 Å². The molecule has 0 saturated heterocycles. The summed E-state index contributed by atoms with van der Waals surface area (Å²) in [6.45, 7) is 0.902. The number of aliphatic carboxylic acids is 1. The number of carboxylic acid groups (broad SMARTS) is 1. The maximum absolute atomic E-state index is 12.5. The van der Waals surface area contributed by atoms with Crippen LogP contribution in [0.2, 0.25) is 5.02 Å². The lowest BCUT2D eigenvalue weighted by Crippen LogP contribution is -2.44. The summed E-state index contributed by atoms with van der Waals surface area (Å²) >= 11 is 6.07. The monoisotopic (exact) mass is 442 g/mol. The van der Waals surface area contributed by atoms with Crippen LogP contribution in [0.15, 0.2) is 54.7 Å². The van der Waals surface area contributed by atoms with Gasteiger partial charge in [0, 0.05) is 11.1 Å². The van der Waals surface area contributed by atoms with E-state index in [1.807, 2.05) is 48.5 Å². The Morgan fingerprint density at radius 3 is 2.52 bits per heavy atom. The van der Waals surface area contributed by atoms with E-state index in [0.717, 1.165) is 16.7 Å². The summed E-state index contributed by atoms with van der Waals surface area (Å²) in [4.78, 5) is 24.1. The van der Waals surface area contributed by atoms with E-state index >= 15 is 0 Å². The van der Waals surface area contributed by atoms with Crippen LogP contribution in [0, 0.1) is 5.41 Å². The van der Waals surface area contributed by atoms with Crippen molar-refractivity contribution >= 4 is 23.5 Å². The van der Waals surface area contributed by atoms with Gasteiger partial charge in [-0.1, -0.05) is 48.0 Å². The van der Waals surface area contributed by atoms with Crippen LogP contribution in [0.25, 0.3) is 11.1 Å². The van der Waals surface area contributed by atoms with E-state index in [-0.39, 0.29) is 12.1 Å². The number of rotatable bonds is 9. The molecule has 0 radical (unpaired) electrons. The number of aromatic nitrogens is 3. The SMILES string of the molecule is CC(CO)(CC(Cc1ccc(-c2cccc(Cl)c2)cc1)NC(=O)c1cn[nH]n1)C(=O)O. The van der Waals surface area contributed by atoms with Gasteiger partial charge >= 0.3 is 5.97 Å². The Balaban J connectivity index is 1.80. The van der Waals surface area contributed by atoms with E-state index in [4.69, 9.17) is 11.6 Å². The molecule has 1 aromatic heterocycles. The van der Waals surface area contributed by atoms with Gasteiger partial charge in [0.1, 0.15) is 0 Å². The molecule has 9 heteroatoms. The summed E-state index contributed by atoms with van der Waals surface area (Å²) in [5, 5.41) is 32.4. The van der Waals surface area contributed by atoms with Crippen LogP contribution in [0.1, 0.15) is 29.4 Å². The minimum Gasteiger partial charge on any atom is -0.481 e. The van der Waals surface area contributed by atoms with E-state index in [1.54, 1.807) is 0 Å². The van der Waals surface area contributed by atoms with Crippen LogP contribution in [0.5, 0.6) is 0 Å². The molecular weight excluding hydrogens is 420 g/mol. The second kappa shape index (κ2) is 9.72. The summed E-state index contributed by atoms with van der Waals surface area (Å²) in [5.41, 5.74) is 1.57. The number of H-pyrrole nitrogens is 1. The average molecular weight is 443 g/mol. The van der Waals surface area contributed by atoms with Gasteiger partial charge in [0.25, 0.3) is 5.91 Å². The molecule has 8 nitrogen and oxygen atoms in total. The van der Waals surface area contributed by atoms with E-state index in [0.29, 0.717) is 11.4 Å². The standard InChI is InChI=1S/C22H23ClN4O4/c1-22(13-28,21(30)31)11-18(25-20(29)19-12-24-27-26-19)9-14-5-7-15(8-6-14)16-3-2-4-17(23)10-16/h2-8,10,12,18,28H,9,11,13H2,1H3,(H,25,29)(H,30,31)(H,24,26,27). The van der Waals surface area contributed by atoms with Crippen molar-refractivity contribution in [3.63, 3.8) is 0 Å². The normalized spacial score (nSPS) is 13.9. The lowest BCUT2D eigenvalue weighted by Gasteiger charge is -2.28. The number of aliphatic hydroxyl groups excluding tert-OH is 1. The Morgan fingerprint density at radius 2 is 1.94 bits per heavy atom. The lowest BCUT2D eigenvalue weighted by atomic mass is 9.82. The fourth-order valence-electron chi connectivity index (χ4n) is 3.29. The highest BCUT2D eigenvalue weighted by Crippen LogP contribution is 2.26. The number of halogens is 1. The van der Waals surface area contributed by atoms with Crippen molar-refractivity contribution in [3.05, 3.63) is 71.0 Å². The molecule has 31 heavy (non-hydrogen) atoms. The Morgan fingerprint density at radius 1 is 1.19 bits per heavy atom. The van der Waals surface area contributed by atoms with Crippen LogP contribution in [-0.2, 0) is 11.2 Å². The largest absolute Gasteiger partial charge is 0.481 e. The number of aromatic amines is 1. The Bertz CT molecular complexity index is 1040. The molecule has 1 heterocycles. The minimum absolute atomic E-state index is 0.0401. The number of nitrogens with one attached hydrogen (secondary N) is 2. The molecule has 0 aliphatic rings. The number of nitrogens with zero attached hydrogens (tertiary/aromatic N) is 2. The fourth-order valence-corrected chi connectivity index (χ4v) is 3.48. The van der Waals surface area contributed by atoms with Gasteiger partial charge in [-0.25, -0.2) is 0 Å². The molecule has 0 aliphatic carbocycles. The predicted molar refractivity (Wildman–Crippen MR) is 116 cm³/mol. The highest BCUT2D eigenvalue weighted by molar-refractivity contribution is 6.30. The van der Waals surface area contributed by atoms with Crippen LogP contribution < -0.4 is 5.32 Å². The van der Waals surface area contributed by atoms with Crippen LogP contribution >= 0.6 is 11.6 Å². The average Bonchev–Trinajstić information content (AvgIpc) is 3.29. The second-order valence-corrected chi connectivity index (χ2v) is 8.10. The van der Waals surface area contributed by atoms with Gasteiger partial charge < -0.3 is 15.5 Å². The molecule has 162 valence electrons. The zero-order valence-corrected chi connectivity index (χ0v) is 17.6. The van der Waals surface area contributed by atoms with E-state index in [9.17, 15) is 19.8 Å².